The average molecular weight is 260 g/mol. The van der Waals surface area contributed by atoms with Crippen LogP contribution in [0, 0.1) is 11.2 Å². The zero-order chi connectivity index (χ0) is 13.2. The van der Waals surface area contributed by atoms with Crippen LogP contribution in [0.2, 0.25) is 5.02 Å². The lowest BCUT2D eigenvalue weighted by atomic mass is 9.80. The number of benzene rings is 1. The quantitative estimate of drug-likeness (QED) is 0.874. The standard InChI is InChI=1S/C12H15ClFNO2/c1-12(2,11(16)17)10(15-3)7-4-5-9(14)8(13)6-7/h4-6,10,15H,1-3H3,(H,16,17). The SMILES string of the molecule is CNC(c1ccc(F)c(Cl)c1)C(C)(C)C(=O)O. The highest BCUT2D eigenvalue weighted by Gasteiger charge is 2.37. The lowest BCUT2D eigenvalue weighted by Gasteiger charge is -2.30. The summed E-state index contributed by atoms with van der Waals surface area (Å²) < 4.78 is 13.1. The van der Waals surface area contributed by atoms with Gasteiger partial charge in [-0.05, 0) is 38.6 Å². The van der Waals surface area contributed by atoms with Crippen LogP contribution >= 0.6 is 11.6 Å². The maximum Gasteiger partial charge on any atom is 0.311 e. The van der Waals surface area contributed by atoms with E-state index < -0.39 is 23.2 Å². The smallest absolute Gasteiger partial charge is 0.311 e. The molecule has 94 valence electrons. The summed E-state index contributed by atoms with van der Waals surface area (Å²) in [7, 11) is 1.66. The Kier molecular flexibility index (Phi) is 4.11. The minimum absolute atomic E-state index is 0.0102. The van der Waals surface area contributed by atoms with Crippen molar-refractivity contribution >= 4 is 17.6 Å². The van der Waals surface area contributed by atoms with Crippen LogP contribution in [0.5, 0.6) is 0 Å². The lowest BCUT2D eigenvalue weighted by molar-refractivity contribution is -0.148. The Labute approximate surface area is 105 Å². The van der Waals surface area contributed by atoms with Crippen molar-refractivity contribution in [2.75, 3.05) is 7.05 Å². The molecule has 1 aromatic rings. The molecule has 0 fully saturated rings. The molecule has 0 saturated heterocycles. The van der Waals surface area contributed by atoms with Crippen LogP contribution in [0.25, 0.3) is 0 Å². The number of carboxylic acids is 1. The van der Waals surface area contributed by atoms with Crippen LogP contribution < -0.4 is 5.32 Å². The van der Waals surface area contributed by atoms with E-state index in [0.717, 1.165) is 0 Å². The molecule has 1 rings (SSSR count). The van der Waals surface area contributed by atoms with Gasteiger partial charge in [0.05, 0.1) is 10.4 Å². The zero-order valence-corrected chi connectivity index (χ0v) is 10.7. The average Bonchev–Trinajstić information content (AvgIpc) is 2.23. The highest BCUT2D eigenvalue weighted by atomic mass is 35.5. The Morgan fingerprint density at radius 3 is 2.53 bits per heavy atom. The Morgan fingerprint density at radius 2 is 2.12 bits per heavy atom. The Balaban J connectivity index is 3.18. The van der Waals surface area contributed by atoms with E-state index in [1.165, 1.54) is 18.2 Å². The predicted molar refractivity (Wildman–Crippen MR) is 64.6 cm³/mol. The molecule has 5 heteroatoms. The van der Waals surface area contributed by atoms with Gasteiger partial charge in [0.15, 0.2) is 0 Å². The fraction of sp³-hybridized carbons (Fsp3) is 0.417. The molecule has 0 amide bonds. The molecule has 0 aliphatic carbocycles. The van der Waals surface area contributed by atoms with E-state index >= 15 is 0 Å². The molecule has 2 N–H and O–H groups in total. The van der Waals surface area contributed by atoms with E-state index in [1.807, 2.05) is 0 Å². The Bertz CT molecular complexity index is 435. The summed E-state index contributed by atoms with van der Waals surface area (Å²) >= 11 is 5.69. The van der Waals surface area contributed by atoms with Crippen LogP contribution in [-0.2, 0) is 4.79 Å². The second kappa shape index (κ2) is 5.02. The van der Waals surface area contributed by atoms with Gasteiger partial charge in [-0.15, -0.1) is 0 Å². The summed E-state index contributed by atoms with van der Waals surface area (Å²) in [6, 6.07) is 3.77. The Hall–Kier alpha value is -1.13. The molecule has 0 aliphatic rings. The lowest BCUT2D eigenvalue weighted by Crippen LogP contribution is -2.38. The van der Waals surface area contributed by atoms with E-state index in [1.54, 1.807) is 20.9 Å². The normalized spacial score (nSPS) is 13.5. The molecule has 0 saturated carbocycles. The van der Waals surface area contributed by atoms with E-state index in [0.29, 0.717) is 5.56 Å². The molecule has 0 spiro atoms. The molecular weight excluding hydrogens is 245 g/mol. The van der Waals surface area contributed by atoms with E-state index in [-0.39, 0.29) is 5.02 Å². The second-order valence-corrected chi connectivity index (χ2v) is 4.83. The van der Waals surface area contributed by atoms with Gasteiger partial charge in [-0.25, -0.2) is 4.39 Å². The minimum Gasteiger partial charge on any atom is -0.481 e. The molecule has 0 bridgehead atoms. The molecular formula is C12H15ClFNO2. The fourth-order valence-electron chi connectivity index (χ4n) is 1.76. The number of hydrogen-bond acceptors (Lipinski definition) is 2. The van der Waals surface area contributed by atoms with Gasteiger partial charge in [0.2, 0.25) is 0 Å². The number of aliphatic carboxylic acids is 1. The molecule has 0 heterocycles. The van der Waals surface area contributed by atoms with Crippen molar-refractivity contribution in [3.63, 3.8) is 0 Å². The first kappa shape index (κ1) is 13.9. The van der Waals surface area contributed by atoms with E-state index in [2.05, 4.69) is 5.32 Å². The van der Waals surface area contributed by atoms with Gasteiger partial charge in [0, 0.05) is 6.04 Å². The molecule has 0 radical (unpaired) electrons. The number of nitrogens with one attached hydrogen (secondary N) is 1. The number of hydrogen-bond donors (Lipinski definition) is 2. The van der Waals surface area contributed by atoms with Crippen LogP contribution in [0.15, 0.2) is 18.2 Å². The molecule has 17 heavy (non-hydrogen) atoms. The third-order valence-corrected chi connectivity index (χ3v) is 3.13. The van der Waals surface area contributed by atoms with Gasteiger partial charge in [-0.2, -0.15) is 0 Å². The second-order valence-electron chi connectivity index (χ2n) is 4.42. The largest absolute Gasteiger partial charge is 0.481 e. The van der Waals surface area contributed by atoms with Crippen LogP contribution in [0.4, 0.5) is 4.39 Å². The van der Waals surface area contributed by atoms with Crippen molar-refractivity contribution in [1.29, 1.82) is 0 Å². The minimum atomic E-state index is -1.02. The molecule has 0 aromatic heterocycles. The number of rotatable bonds is 4. The van der Waals surface area contributed by atoms with Crippen molar-refractivity contribution in [2.45, 2.75) is 19.9 Å². The van der Waals surface area contributed by atoms with Gasteiger partial charge in [0.1, 0.15) is 5.82 Å². The summed E-state index contributed by atoms with van der Waals surface area (Å²) in [5.74, 6) is -1.45. The van der Waals surface area contributed by atoms with E-state index in [4.69, 9.17) is 11.6 Å². The van der Waals surface area contributed by atoms with Gasteiger partial charge in [-0.3, -0.25) is 4.79 Å². The highest BCUT2D eigenvalue weighted by Crippen LogP contribution is 2.34. The van der Waals surface area contributed by atoms with Gasteiger partial charge in [-0.1, -0.05) is 17.7 Å². The van der Waals surface area contributed by atoms with Gasteiger partial charge in [0.25, 0.3) is 0 Å². The van der Waals surface area contributed by atoms with Crippen molar-refractivity contribution in [3.8, 4) is 0 Å². The maximum absolute atomic E-state index is 13.1. The predicted octanol–water partition coefficient (Wildman–Crippen LogP) is 2.85. The number of carbonyl (C=O) groups is 1. The summed E-state index contributed by atoms with van der Waals surface area (Å²) in [6.07, 6.45) is 0. The Morgan fingerprint density at radius 1 is 1.53 bits per heavy atom. The number of halogens is 2. The highest BCUT2D eigenvalue weighted by molar-refractivity contribution is 6.30. The summed E-state index contributed by atoms with van der Waals surface area (Å²) in [4.78, 5) is 11.2. The first-order valence-electron chi connectivity index (χ1n) is 5.16. The summed E-state index contributed by atoms with van der Waals surface area (Å²) in [5, 5.41) is 12.1. The third kappa shape index (κ3) is 2.76. The van der Waals surface area contributed by atoms with Crippen molar-refractivity contribution < 1.29 is 14.3 Å². The van der Waals surface area contributed by atoms with Crippen molar-refractivity contribution in [3.05, 3.63) is 34.6 Å². The van der Waals surface area contributed by atoms with Gasteiger partial charge < -0.3 is 10.4 Å². The van der Waals surface area contributed by atoms with Crippen LogP contribution in [0.1, 0.15) is 25.5 Å². The van der Waals surface area contributed by atoms with Crippen LogP contribution in [-0.4, -0.2) is 18.1 Å². The first-order chi connectivity index (χ1) is 7.80. The summed E-state index contributed by atoms with van der Waals surface area (Å²) in [5.41, 5.74) is -0.373. The first-order valence-corrected chi connectivity index (χ1v) is 5.54. The fourth-order valence-corrected chi connectivity index (χ4v) is 1.95. The monoisotopic (exact) mass is 259 g/mol. The topological polar surface area (TPSA) is 49.3 Å². The molecule has 0 aliphatic heterocycles. The molecule has 3 nitrogen and oxygen atoms in total. The molecule has 1 atom stereocenters. The van der Waals surface area contributed by atoms with Crippen LogP contribution in [0.3, 0.4) is 0 Å². The molecule has 1 unspecified atom stereocenters. The van der Waals surface area contributed by atoms with Crippen molar-refractivity contribution in [2.24, 2.45) is 5.41 Å². The van der Waals surface area contributed by atoms with E-state index in [9.17, 15) is 14.3 Å². The third-order valence-electron chi connectivity index (χ3n) is 2.84. The van der Waals surface area contributed by atoms with Gasteiger partial charge >= 0.3 is 5.97 Å². The zero-order valence-electron chi connectivity index (χ0n) is 9.92. The maximum atomic E-state index is 13.1. The number of carboxylic acid groups (broad SMARTS) is 1. The van der Waals surface area contributed by atoms with Crippen molar-refractivity contribution in [1.82, 2.24) is 5.32 Å². The molecule has 1 aromatic carbocycles. The summed E-state index contributed by atoms with van der Waals surface area (Å²) in [6.45, 7) is 3.21.